The van der Waals surface area contributed by atoms with Crippen molar-refractivity contribution in [1.29, 1.82) is 0 Å². The highest BCUT2D eigenvalue weighted by Crippen LogP contribution is 1.78. The van der Waals surface area contributed by atoms with Gasteiger partial charge in [-0.1, -0.05) is 0 Å². The minimum atomic E-state index is -2.17. The highest BCUT2D eigenvalue weighted by molar-refractivity contribution is 6.30. The second kappa shape index (κ2) is 8.44. The topological polar surface area (TPSA) is 147 Å². The van der Waals surface area contributed by atoms with Gasteiger partial charge in [-0.15, -0.1) is 0 Å². The standard InChI is InChI=1S/C5H9NO4.BH3O3/c1-3(5(9)10)6-2-4(7)8;2-1(3)4/h3,6H,2H2,1H3,(H,7,8)(H,9,10);2-4H. The van der Waals surface area contributed by atoms with Crippen molar-refractivity contribution < 1.29 is 34.9 Å². The first kappa shape index (κ1) is 15.3. The highest BCUT2D eigenvalue weighted by atomic mass is 16.5. The van der Waals surface area contributed by atoms with Gasteiger partial charge in [0, 0.05) is 0 Å². The Hall–Kier alpha value is -1.16. The van der Waals surface area contributed by atoms with Gasteiger partial charge in [-0.25, -0.2) is 0 Å². The summed E-state index contributed by atoms with van der Waals surface area (Å²) in [7, 11) is -2.17. The van der Waals surface area contributed by atoms with Crippen LogP contribution in [0.15, 0.2) is 0 Å². The number of rotatable bonds is 4. The lowest BCUT2D eigenvalue weighted by atomic mass is 10.3. The van der Waals surface area contributed by atoms with Crippen molar-refractivity contribution in [2.75, 3.05) is 6.54 Å². The van der Waals surface area contributed by atoms with E-state index in [1.54, 1.807) is 0 Å². The Morgan fingerprint density at radius 1 is 1.29 bits per heavy atom. The first-order valence-corrected chi connectivity index (χ1v) is 3.49. The third-order valence-corrected chi connectivity index (χ3v) is 0.930. The van der Waals surface area contributed by atoms with Gasteiger partial charge >= 0.3 is 19.3 Å². The van der Waals surface area contributed by atoms with Crippen molar-refractivity contribution in [3.8, 4) is 0 Å². The van der Waals surface area contributed by atoms with Crippen LogP contribution in [0, 0.1) is 0 Å². The molecule has 0 bridgehead atoms. The van der Waals surface area contributed by atoms with Crippen LogP contribution >= 0.6 is 0 Å². The molecule has 0 saturated carbocycles. The zero-order valence-corrected chi connectivity index (χ0v) is 7.41. The lowest BCUT2D eigenvalue weighted by Crippen LogP contribution is -2.37. The summed E-state index contributed by atoms with van der Waals surface area (Å²) in [5, 5.41) is 40.1. The largest absolute Gasteiger partial charge is 0.631 e. The van der Waals surface area contributed by atoms with Gasteiger partial charge in [-0.2, -0.15) is 0 Å². The molecule has 9 heteroatoms. The monoisotopic (exact) mass is 209 g/mol. The second-order valence-corrected chi connectivity index (χ2v) is 2.18. The molecule has 0 fully saturated rings. The molecule has 14 heavy (non-hydrogen) atoms. The van der Waals surface area contributed by atoms with E-state index in [1.807, 2.05) is 0 Å². The fraction of sp³-hybridized carbons (Fsp3) is 0.600. The Bertz CT molecular complexity index is 182. The average molecular weight is 209 g/mol. The van der Waals surface area contributed by atoms with Crippen LogP contribution in [0.3, 0.4) is 0 Å². The van der Waals surface area contributed by atoms with E-state index in [0.717, 1.165) is 0 Å². The Morgan fingerprint density at radius 2 is 1.64 bits per heavy atom. The molecule has 1 atom stereocenters. The van der Waals surface area contributed by atoms with E-state index in [1.165, 1.54) is 6.92 Å². The molecule has 6 N–H and O–H groups in total. The van der Waals surface area contributed by atoms with Gasteiger partial charge in [0.25, 0.3) is 0 Å². The molecular formula is C5H12BNO7. The summed E-state index contributed by atoms with van der Waals surface area (Å²) in [5.74, 6) is -2.12. The van der Waals surface area contributed by atoms with Gasteiger partial charge in [-0.3, -0.25) is 14.9 Å². The van der Waals surface area contributed by atoms with Crippen molar-refractivity contribution in [3.63, 3.8) is 0 Å². The maximum atomic E-state index is 10.1. The summed E-state index contributed by atoms with van der Waals surface area (Å²) in [4.78, 5) is 19.9. The molecule has 1 unspecified atom stereocenters. The van der Waals surface area contributed by atoms with Crippen LogP contribution in [0.5, 0.6) is 0 Å². The summed E-state index contributed by atoms with van der Waals surface area (Å²) >= 11 is 0. The van der Waals surface area contributed by atoms with E-state index in [9.17, 15) is 9.59 Å². The van der Waals surface area contributed by atoms with E-state index < -0.39 is 25.3 Å². The van der Waals surface area contributed by atoms with Crippen molar-refractivity contribution in [2.24, 2.45) is 0 Å². The van der Waals surface area contributed by atoms with Crippen LogP contribution in [-0.4, -0.2) is 57.1 Å². The van der Waals surface area contributed by atoms with Gasteiger partial charge in [0.2, 0.25) is 0 Å². The quantitative estimate of drug-likeness (QED) is 0.270. The number of hydrogen-bond acceptors (Lipinski definition) is 6. The first-order valence-electron chi connectivity index (χ1n) is 3.49. The SMILES string of the molecule is CC(NCC(=O)O)C(=O)O.OB(O)O. The minimum Gasteiger partial charge on any atom is -0.480 e. The van der Waals surface area contributed by atoms with Crippen molar-refractivity contribution in [3.05, 3.63) is 0 Å². The Balaban J connectivity index is 0. The summed E-state index contributed by atoms with van der Waals surface area (Å²) in [6.45, 7) is 1.05. The molecule has 8 nitrogen and oxygen atoms in total. The molecule has 0 aliphatic rings. The van der Waals surface area contributed by atoms with Crippen LogP contribution in [0.2, 0.25) is 0 Å². The zero-order valence-electron chi connectivity index (χ0n) is 7.41. The number of hydrogen-bond donors (Lipinski definition) is 6. The van der Waals surface area contributed by atoms with Crippen LogP contribution in [-0.2, 0) is 9.59 Å². The summed E-state index contributed by atoms with van der Waals surface area (Å²) in [5.41, 5.74) is 0. The molecule has 0 heterocycles. The van der Waals surface area contributed by atoms with Crippen LogP contribution in [0.25, 0.3) is 0 Å². The average Bonchev–Trinajstić information content (AvgIpc) is 1.98. The third kappa shape index (κ3) is 17.1. The van der Waals surface area contributed by atoms with E-state index in [0.29, 0.717) is 0 Å². The van der Waals surface area contributed by atoms with Crippen molar-refractivity contribution in [1.82, 2.24) is 5.32 Å². The molecule has 0 spiro atoms. The molecule has 0 radical (unpaired) electrons. The number of carboxylic acids is 2. The van der Waals surface area contributed by atoms with Gasteiger partial charge in [0.1, 0.15) is 6.04 Å². The molecule has 0 rings (SSSR count). The molecule has 0 aromatic carbocycles. The third-order valence-electron chi connectivity index (χ3n) is 0.930. The fourth-order valence-electron chi connectivity index (χ4n) is 0.328. The number of nitrogens with one attached hydrogen (secondary N) is 1. The van der Waals surface area contributed by atoms with Crippen LogP contribution in [0.1, 0.15) is 6.92 Å². The molecule has 0 aliphatic heterocycles. The minimum absolute atomic E-state index is 0.326. The Kier molecular flexibility index (Phi) is 9.24. The number of carboxylic acid groups (broad SMARTS) is 2. The van der Waals surface area contributed by atoms with Gasteiger partial charge in [-0.05, 0) is 6.92 Å². The highest BCUT2D eigenvalue weighted by Gasteiger charge is 2.10. The zero-order chi connectivity index (χ0) is 11.7. The Morgan fingerprint density at radius 3 is 1.86 bits per heavy atom. The predicted molar refractivity (Wildman–Crippen MR) is 45.1 cm³/mol. The van der Waals surface area contributed by atoms with Crippen molar-refractivity contribution in [2.45, 2.75) is 13.0 Å². The lowest BCUT2D eigenvalue weighted by Gasteiger charge is -2.04. The predicted octanol–water partition coefficient (Wildman–Crippen LogP) is -2.92. The summed E-state index contributed by atoms with van der Waals surface area (Å²) in [6.07, 6.45) is 0. The summed E-state index contributed by atoms with van der Waals surface area (Å²) < 4.78 is 0. The molecule has 0 aromatic rings. The maximum Gasteiger partial charge on any atom is 0.631 e. The molecule has 0 saturated heterocycles. The molecular weight excluding hydrogens is 197 g/mol. The van der Waals surface area contributed by atoms with Gasteiger partial charge in [0.05, 0.1) is 6.54 Å². The number of aliphatic carboxylic acids is 2. The van der Waals surface area contributed by atoms with E-state index >= 15 is 0 Å². The molecule has 0 aliphatic carbocycles. The first-order chi connectivity index (χ1) is 6.27. The smallest absolute Gasteiger partial charge is 0.480 e. The molecule has 82 valence electrons. The second-order valence-electron chi connectivity index (χ2n) is 2.18. The Labute approximate surface area is 80.0 Å². The van der Waals surface area contributed by atoms with E-state index in [2.05, 4.69) is 5.32 Å². The van der Waals surface area contributed by atoms with Gasteiger partial charge in [0.15, 0.2) is 0 Å². The van der Waals surface area contributed by atoms with Crippen LogP contribution < -0.4 is 5.32 Å². The van der Waals surface area contributed by atoms with Crippen LogP contribution in [0.4, 0.5) is 0 Å². The fourth-order valence-corrected chi connectivity index (χ4v) is 0.328. The normalized spacial score (nSPS) is 10.9. The number of carbonyl (C=O) groups is 2. The maximum absolute atomic E-state index is 10.1. The van der Waals surface area contributed by atoms with Crippen molar-refractivity contribution >= 4 is 19.3 Å². The summed E-state index contributed by atoms with van der Waals surface area (Å²) in [6, 6.07) is -0.809. The van der Waals surface area contributed by atoms with Gasteiger partial charge < -0.3 is 25.3 Å². The molecule has 0 amide bonds. The van der Waals surface area contributed by atoms with E-state index in [-0.39, 0.29) is 6.54 Å². The lowest BCUT2D eigenvalue weighted by molar-refractivity contribution is -0.139. The molecule has 0 aromatic heterocycles. The van der Waals surface area contributed by atoms with E-state index in [4.69, 9.17) is 25.3 Å².